The number of hydrogen-bond donors (Lipinski definition) is 1. The van der Waals surface area contributed by atoms with Crippen molar-refractivity contribution in [3.05, 3.63) is 45.5 Å². The number of halogens is 2. The highest BCUT2D eigenvalue weighted by molar-refractivity contribution is 7.05. The van der Waals surface area contributed by atoms with E-state index in [0.29, 0.717) is 16.9 Å². The molecule has 0 aliphatic heterocycles. The molecule has 0 aliphatic rings. The first-order chi connectivity index (χ1) is 9.06. The predicted octanol–water partition coefficient (Wildman–Crippen LogP) is 3.13. The summed E-state index contributed by atoms with van der Waals surface area (Å²) in [6.07, 6.45) is 1.58. The predicted molar refractivity (Wildman–Crippen MR) is 71.0 cm³/mol. The van der Waals surface area contributed by atoms with Gasteiger partial charge in [0.1, 0.15) is 11.6 Å². The van der Waals surface area contributed by atoms with E-state index in [-0.39, 0.29) is 5.56 Å². The van der Waals surface area contributed by atoms with E-state index in [9.17, 15) is 8.78 Å². The quantitative estimate of drug-likeness (QED) is 0.938. The zero-order chi connectivity index (χ0) is 14.0. The number of hydrogen-bond acceptors (Lipinski definition) is 4. The van der Waals surface area contributed by atoms with E-state index in [0.717, 1.165) is 23.6 Å². The molecular formula is C13H15F2N3S. The van der Waals surface area contributed by atoms with Crippen LogP contribution < -0.4 is 5.73 Å². The maximum atomic E-state index is 14.1. The van der Waals surface area contributed by atoms with Gasteiger partial charge in [-0.1, -0.05) is 23.9 Å². The molecule has 1 aromatic carbocycles. The zero-order valence-electron chi connectivity index (χ0n) is 10.8. The summed E-state index contributed by atoms with van der Waals surface area (Å²) < 4.78 is 31.7. The maximum absolute atomic E-state index is 14.1. The molecule has 19 heavy (non-hydrogen) atoms. The van der Waals surface area contributed by atoms with Crippen molar-refractivity contribution < 1.29 is 8.78 Å². The van der Waals surface area contributed by atoms with E-state index in [1.165, 1.54) is 12.1 Å². The van der Waals surface area contributed by atoms with Crippen LogP contribution in [0.25, 0.3) is 0 Å². The smallest absolute Gasteiger partial charge is 0.134 e. The molecule has 2 rings (SSSR count). The molecule has 0 aliphatic carbocycles. The molecule has 102 valence electrons. The largest absolute Gasteiger partial charge is 0.319 e. The van der Waals surface area contributed by atoms with Crippen molar-refractivity contribution in [3.63, 3.8) is 0 Å². The Bertz CT molecular complexity index is 583. The van der Waals surface area contributed by atoms with E-state index in [1.54, 1.807) is 6.92 Å². The molecule has 0 spiro atoms. The summed E-state index contributed by atoms with van der Waals surface area (Å²) in [4.78, 5) is 0.630. The second-order valence-corrected chi connectivity index (χ2v) is 5.19. The van der Waals surface area contributed by atoms with Crippen LogP contribution in [0.1, 0.15) is 41.1 Å². The summed E-state index contributed by atoms with van der Waals surface area (Å²) in [6.45, 7) is 3.59. The molecule has 0 amide bonds. The molecule has 6 heteroatoms. The Morgan fingerprint density at radius 2 is 2.11 bits per heavy atom. The summed E-state index contributed by atoms with van der Waals surface area (Å²) in [6, 6.07) is 1.78. The molecule has 2 aromatic rings. The van der Waals surface area contributed by atoms with Crippen molar-refractivity contribution in [3.8, 4) is 0 Å². The SMILES string of the molecule is CCCc1nnsc1C(N)c1c(F)ccc(C)c1F. The average molecular weight is 283 g/mol. The first-order valence-corrected chi connectivity index (χ1v) is 6.84. The van der Waals surface area contributed by atoms with Crippen LogP contribution in [-0.4, -0.2) is 9.59 Å². The number of nitrogens with two attached hydrogens (primary N) is 1. The topological polar surface area (TPSA) is 51.8 Å². The van der Waals surface area contributed by atoms with Crippen molar-refractivity contribution in [1.29, 1.82) is 0 Å². The molecule has 3 nitrogen and oxygen atoms in total. The van der Waals surface area contributed by atoms with Crippen molar-refractivity contribution >= 4 is 11.5 Å². The minimum Gasteiger partial charge on any atom is -0.319 e. The van der Waals surface area contributed by atoms with Gasteiger partial charge in [0.05, 0.1) is 16.6 Å². The zero-order valence-corrected chi connectivity index (χ0v) is 11.6. The highest BCUT2D eigenvalue weighted by Crippen LogP contribution is 2.30. The molecular weight excluding hydrogens is 268 g/mol. The van der Waals surface area contributed by atoms with Crippen molar-refractivity contribution in [2.75, 3.05) is 0 Å². The number of rotatable bonds is 4. The molecule has 0 saturated carbocycles. The van der Waals surface area contributed by atoms with E-state index >= 15 is 0 Å². The van der Waals surface area contributed by atoms with Crippen LogP contribution in [0.2, 0.25) is 0 Å². The summed E-state index contributed by atoms with van der Waals surface area (Å²) >= 11 is 1.10. The summed E-state index contributed by atoms with van der Waals surface area (Å²) in [5, 5.41) is 3.98. The molecule has 1 unspecified atom stereocenters. The van der Waals surface area contributed by atoms with Gasteiger partial charge in [0.2, 0.25) is 0 Å². The third-order valence-corrected chi connectivity index (χ3v) is 3.83. The summed E-state index contributed by atoms with van der Waals surface area (Å²) in [5.41, 5.74) is 7.00. The lowest BCUT2D eigenvalue weighted by atomic mass is 10.00. The van der Waals surface area contributed by atoms with Crippen LogP contribution in [0.3, 0.4) is 0 Å². The Balaban J connectivity index is 2.47. The Morgan fingerprint density at radius 3 is 2.79 bits per heavy atom. The number of benzene rings is 1. The van der Waals surface area contributed by atoms with E-state index < -0.39 is 17.7 Å². The molecule has 0 radical (unpaired) electrons. The average Bonchev–Trinajstić information content (AvgIpc) is 2.83. The number of aromatic nitrogens is 2. The first-order valence-electron chi connectivity index (χ1n) is 6.07. The second-order valence-electron chi connectivity index (χ2n) is 4.40. The van der Waals surface area contributed by atoms with Gasteiger partial charge in [-0.15, -0.1) is 5.10 Å². The van der Waals surface area contributed by atoms with E-state index in [1.807, 2.05) is 6.92 Å². The fourth-order valence-electron chi connectivity index (χ4n) is 1.96. The molecule has 0 bridgehead atoms. The van der Waals surface area contributed by atoms with Crippen LogP contribution >= 0.6 is 11.5 Å². The van der Waals surface area contributed by atoms with Crippen molar-refractivity contribution in [2.24, 2.45) is 5.73 Å². The van der Waals surface area contributed by atoms with Crippen LogP contribution in [0.15, 0.2) is 12.1 Å². The van der Waals surface area contributed by atoms with Gasteiger partial charge in [-0.25, -0.2) is 8.78 Å². The number of aryl methyl sites for hydroxylation is 2. The van der Waals surface area contributed by atoms with Crippen molar-refractivity contribution in [1.82, 2.24) is 9.59 Å². The standard InChI is InChI=1S/C13H15F2N3S/c1-3-4-9-13(19-18-17-9)12(16)10-8(14)6-5-7(2)11(10)15/h5-6,12H,3-4,16H2,1-2H3. The summed E-state index contributed by atoms with van der Waals surface area (Å²) in [7, 11) is 0. The lowest BCUT2D eigenvalue weighted by molar-refractivity contribution is 0.538. The fraction of sp³-hybridized carbons (Fsp3) is 0.385. The van der Waals surface area contributed by atoms with Gasteiger partial charge in [-0.05, 0) is 36.5 Å². The van der Waals surface area contributed by atoms with Gasteiger partial charge in [-0.3, -0.25) is 0 Å². The van der Waals surface area contributed by atoms with Crippen LogP contribution in [0.5, 0.6) is 0 Å². The minimum absolute atomic E-state index is 0.108. The van der Waals surface area contributed by atoms with Crippen LogP contribution in [-0.2, 0) is 6.42 Å². The lowest BCUT2D eigenvalue weighted by Crippen LogP contribution is -2.16. The van der Waals surface area contributed by atoms with E-state index in [4.69, 9.17) is 5.73 Å². The molecule has 0 fully saturated rings. The number of nitrogens with zero attached hydrogens (tertiary/aromatic N) is 2. The normalized spacial score (nSPS) is 12.7. The van der Waals surface area contributed by atoms with Gasteiger partial charge >= 0.3 is 0 Å². The Labute approximate surface area is 114 Å². The maximum Gasteiger partial charge on any atom is 0.134 e. The van der Waals surface area contributed by atoms with Crippen molar-refractivity contribution in [2.45, 2.75) is 32.7 Å². The minimum atomic E-state index is -0.860. The molecule has 1 aromatic heterocycles. The Kier molecular flexibility index (Phi) is 4.21. The van der Waals surface area contributed by atoms with E-state index in [2.05, 4.69) is 9.59 Å². The van der Waals surface area contributed by atoms with Gasteiger partial charge < -0.3 is 5.73 Å². The monoisotopic (exact) mass is 283 g/mol. The molecule has 1 heterocycles. The van der Waals surface area contributed by atoms with Gasteiger partial charge in [0.15, 0.2) is 0 Å². The lowest BCUT2D eigenvalue weighted by Gasteiger charge is -2.14. The third kappa shape index (κ3) is 2.64. The molecule has 1 atom stereocenters. The Hall–Kier alpha value is -1.40. The Morgan fingerprint density at radius 1 is 1.37 bits per heavy atom. The summed E-state index contributed by atoms with van der Waals surface area (Å²) in [5.74, 6) is -1.23. The molecule has 0 saturated heterocycles. The highest BCUT2D eigenvalue weighted by Gasteiger charge is 2.24. The van der Waals surface area contributed by atoms with Gasteiger partial charge in [-0.2, -0.15) is 0 Å². The van der Waals surface area contributed by atoms with Gasteiger partial charge in [0.25, 0.3) is 0 Å². The highest BCUT2D eigenvalue weighted by atomic mass is 32.1. The van der Waals surface area contributed by atoms with Crippen LogP contribution in [0.4, 0.5) is 8.78 Å². The third-order valence-electron chi connectivity index (χ3n) is 2.99. The molecule has 2 N–H and O–H groups in total. The van der Waals surface area contributed by atoms with Crippen LogP contribution in [0, 0.1) is 18.6 Å². The first kappa shape index (κ1) is 14.0. The fourth-order valence-corrected chi connectivity index (χ4v) is 2.66. The second kappa shape index (κ2) is 5.71. The van der Waals surface area contributed by atoms with Gasteiger partial charge in [0, 0.05) is 5.56 Å².